The molecule has 4 rings (SSSR count). The van der Waals surface area contributed by atoms with Crippen molar-refractivity contribution in [3.05, 3.63) is 69.4 Å². The van der Waals surface area contributed by atoms with E-state index >= 15 is 0 Å². The Morgan fingerprint density at radius 3 is 2.66 bits per heavy atom. The molecule has 3 N–H and O–H groups in total. The van der Waals surface area contributed by atoms with Crippen molar-refractivity contribution < 1.29 is 13.9 Å². The van der Waals surface area contributed by atoms with Gasteiger partial charge in [0.1, 0.15) is 5.75 Å². The van der Waals surface area contributed by atoms with Gasteiger partial charge in [-0.3, -0.25) is 4.79 Å². The average Bonchev–Trinajstić information content (AvgIpc) is 2.80. The lowest BCUT2D eigenvalue weighted by molar-refractivity contribution is 0.103. The van der Waals surface area contributed by atoms with Gasteiger partial charge in [0.15, 0.2) is 11.6 Å². The maximum Gasteiger partial charge on any atom is 0.255 e. The molecule has 0 amide bonds. The van der Waals surface area contributed by atoms with Gasteiger partial charge in [0.05, 0.1) is 18.2 Å². The molecule has 1 heterocycles. The summed E-state index contributed by atoms with van der Waals surface area (Å²) < 4.78 is 25.5. The van der Waals surface area contributed by atoms with E-state index in [0.717, 1.165) is 43.1 Å². The minimum Gasteiger partial charge on any atom is -0.494 e. The molecule has 0 bridgehead atoms. The molecular formula is C25H28ClFN2O3. The van der Waals surface area contributed by atoms with Gasteiger partial charge in [0.25, 0.3) is 5.56 Å². The van der Waals surface area contributed by atoms with E-state index < -0.39 is 0 Å². The van der Waals surface area contributed by atoms with Crippen LogP contribution in [-0.2, 0) is 5.41 Å². The summed E-state index contributed by atoms with van der Waals surface area (Å²) in [5.41, 5.74) is 7.17. The maximum atomic E-state index is 14.0. The summed E-state index contributed by atoms with van der Waals surface area (Å²) in [5.74, 6) is 0.435. The molecule has 1 aromatic heterocycles. The largest absolute Gasteiger partial charge is 0.494 e. The highest BCUT2D eigenvalue weighted by atomic mass is 35.5. The fraction of sp³-hybridized carbons (Fsp3) is 0.400. The van der Waals surface area contributed by atoms with E-state index in [9.17, 15) is 9.18 Å². The zero-order valence-electron chi connectivity index (χ0n) is 18.3. The van der Waals surface area contributed by atoms with Crippen LogP contribution in [0.15, 0.2) is 47.4 Å². The molecule has 1 aliphatic rings. The summed E-state index contributed by atoms with van der Waals surface area (Å²) >= 11 is 6.42. The number of hydrogen-bond donors (Lipinski definition) is 2. The first kappa shape index (κ1) is 22.6. The van der Waals surface area contributed by atoms with E-state index in [1.54, 1.807) is 18.3 Å². The Hall–Kier alpha value is -2.57. The Bertz CT molecular complexity index is 1170. The Balaban J connectivity index is 1.57. The number of nitrogens with one attached hydrogen (secondary N) is 1. The van der Waals surface area contributed by atoms with Crippen LogP contribution in [0.3, 0.4) is 0 Å². The number of halogens is 2. The van der Waals surface area contributed by atoms with Gasteiger partial charge in [0, 0.05) is 23.0 Å². The molecule has 170 valence electrons. The van der Waals surface area contributed by atoms with E-state index in [1.807, 2.05) is 18.2 Å². The van der Waals surface area contributed by atoms with E-state index in [4.69, 9.17) is 26.8 Å². The summed E-state index contributed by atoms with van der Waals surface area (Å²) in [7, 11) is 1.47. The van der Waals surface area contributed by atoms with Crippen LogP contribution < -0.4 is 20.8 Å². The number of hydrogen-bond acceptors (Lipinski definition) is 4. The van der Waals surface area contributed by atoms with Gasteiger partial charge >= 0.3 is 0 Å². The van der Waals surface area contributed by atoms with Gasteiger partial charge in [-0.25, -0.2) is 4.39 Å². The Morgan fingerprint density at radius 2 is 1.97 bits per heavy atom. The molecule has 1 aliphatic carbocycles. The molecule has 0 radical (unpaired) electrons. The van der Waals surface area contributed by atoms with Gasteiger partial charge in [-0.05, 0) is 73.4 Å². The summed E-state index contributed by atoms with van der Waals surface area (Å²) in [6, 6.07) is 10.3. The van der Waals surface area contributed by atoms with Crippen LogP contribution in [0, 0.1) is 5.82 Å². The molecule has 0 aliphatic heterocycles. The van der Waals surface area contributed by atoms with Crippen LogP contribution in [0.25, 0.3) is 10.8 Å². The fourth-order valence-corrected chi connectivity index (χ4v) is 5.12. The van der Waals surface area contributed by atoms with E-state index in [1.165, 1.54) is 13.2 Å². The first-order valence-corrected chi connectivity index (χ1v) is 11.3. The average molecular weight is 459 g/mol. The summed E-state index contributed by atoms with van der Waals surface area (Å²) in [6.07, 6.45) is 5.61. The standard InChI is InChI=1S/C25H28ClFN2O3/c1-3-23(28)25(16-4-5-20(27)22(13-16)31-2)9-6-17(7-10-25)32-21-12-15-8-11-29-24(30)18(15)14-19(21)26/h4-5,8,11-14,17,23H,3,6-7,9-10,28H2,1-2H3,(H,29,30). The second-order valence-electron chi connectivity index (χ2n) is 8.51. The smallest absolute Gasteiger partial charge is 0.255 e. The minimum atomic E-state index is -0.377. The predicted octanol–water partition coefficient (Wildman–Crippen LogP) is 5.33. The predicted molar refractivity (Wildman–Crippen MR) is 125 cm³/mol. The van der Waals surface area contributed by atoms with Crippen molar-refractivity contribution >= 4 is 22.4 Å². The number of benzene rings is 2. The molecule has 1 unspecified atom stereocenters. The van der Waals surface area contributed by atoms with Crippen LogP contribution >= 0.6 is 11.6 Å². The molecule has 1 saturated carbocycles. The number of methoxy groups -OCH3 is 1. The zero-order valence-corrected chi connectivity index (χ0v) is 19.0. The third-order valence-corrected chi connectivity index (χ3v) is 7.12. The topological polar surface area (TPSA) is 77.3 Å². The highest BCUT2D eigenvalue weighted by Crippen LogP contribution is 2.45. The second-order valence-corrected chi connectivity index (χ2v) is 8.92. The monoisotopic (exact) mass is 458 g/mol. The molecule has 0 spiro atoms. The summed E-state index contributed by atoms with van der Waals surface area (Å²) in [6.45, 7) is 2.08. The van der Waals surface area contributed by atoms with E-state index in [0.29, 0.717) is 16.2 Å². The number of rotatable bonds is 6. The van der Waals surface area contributed by atoms with E-state index in [2.05, 4.69) is 11.9 Å². The number of H-pyrrole nitrogens is 1. The molecule has 5 nitrogen and oxygen atoms in total. The van der Waals surface area contributed by atoms with Crippen molar-refractivity contribution in [3.8, 4) is 11.5 Å². The van der Waals surface area contributed by atoms with Gasteiger partial charge in [-0.2, -0.15) is 0 Å². The molecule has 32 heavy (non-hydrogen) atoms. The van der Waals surface area contributed by atoms with Crippen LogP contribution in [0.4, 0.5) is 4.39 Å². The number of fused-ring (bicyclic) bond motifs is 1. The van der Waals surface area contributed by atoms with Gasteiger partial charge < -0.3 is 20.2 Å². The molecule has 3 aromatic rings. The number of ether oxygens (including phenoxy) is 2. The van der Waals surface area contributed by atoms with Crippen molar-refractivity contribution in [1.29, 1.82) is 0 Å². The van der Waals surface area contributed by atoms with Crippen molar-refractivity contribution in [2.75, 3.05) is 7.11 Å². The van der Waals surface area contributed by atoms with Gasteiger partial charge in [0.2, 0.25) is 0 Å². The molecule has 1 atom stereocenters. The summed E-state index contributed by atoms with van der Waals surface area (Å²) in [4.78, 5) is 14.7. The Morgan fingerprint density at radius 1 is 1.22 bits per heavy atom. The molecule has 2 aromatic carbocycles. The molecule has 0 saturated heterocycles. The zero-order chi connectivity index (χ0) is 22.9. The fourth-order valence-electron chi connectivity index (χ4n) is 4.92. The lowest BCUT2D eigenvalue weighted by atomic mass is 9.64. The second kappa shape index (κ2) is 9.12. The lowest BCUT2D eigenvalue weighted by Crippen LogP contribution is -2.48. The van der Waals surface area contributed by atoms with Gasteiger partial charge in [-0.1, -0.05) is 24.6 Å². The van der Waals surface area contributed by atoms with Crippen LogP contribution in [0.2, 0.25) is 5.02 Å². The lowest BCUT2D eigenvalue weighted by Gasteiger charge is -2.44. The van der Waals surface area contributed by atoms with Gasteiger partial charge in [-0.15, -0.1) is 0 Å². The van der Waals surface area contributed by atoms with Crippen molar-refractivity contribution in [3.63, 3.8) is 0 Å². The van der Waals surface area contributed by atoms with E-state index in [-0.39, 0.29) is 34.7 Å². The third-order valence-electron chi connectivity index (χ3n) is 6.82. The normalized spacial score (nSPS) is 22.0. The first-order chi connectivity index (χ1) is 15.4. The van der Waals surface area contributed by atoms with Crippen LogP contribution in [0.5, 0.6) is 11.5 Å². The Kier molecular flexibility index (Phi) is 6.45. The van der Waals surface area contributed by atoms with Crippen LogP contribution in [0.1, 0.15) is 44.6 Å². The van der Waals surface area contributed by atoms with Crippen LogP contribution in [-0.4, -0.2) is 24.2 Å². The number of aromatic amines is 1. The van der Waals surface area contributed by atoms with Crippen molar-refractivity contribution in [2.24, 2.45) is 5.73 Å². The Labute approximate surface area is 191 Å². The molecule has 7 heteroatoms. The molecular weight excluding hydrogens is 431 g/mol. The molecule has 1 fully saturated rings. The SMILES string of the molecule is CCC(N)C1(c2ccc(F)c(OC)c2)CCC(Oc2cc3cc[nH]c(=O)c3cc2Cl)CC1. The number of pyridine rings is 1. The van der Waals surface area contributed by atoms with Crippen molar-refractivity contribution in [2.45, 2.75) is 56.6 Å². The number of nitrogens with two attached hydrogens (primary N) is 1. The first-order valence-electron chi connectivity index (χ1n) is 10.9. The summed E-state index contributed by atoms with van der Waals surface area (Å²) in [5, 5.41) is 1.73. The highest BCUT2D eigenvalue weighted by molar-refractivity contribution is 6.32. The third kappa shape index (κ3) is 4.09. The van der Waals surface area contributed by atoms with Crippen molar-refractivity contribution in [1.82, 2.24) is 4.98 Å². The minimum absolute atomic E-state index is 0.0218. The maximum absolute atomic E-state index is 14.0. The quantitative estimate of drug-likeness (QED) is 0.523. The number of aromatic nitrogens is 1. The highest BCUT2D eigenvalue weighted by Gasteiger charge is 2.42.